The van der Waals surface area contributed by atoms with Crippen LogP contribution in [-0.4, -0.2) is 46.1 Å². The molecule has 9 nitrogen and oxygen atoms in total. The summed E-state index contributed by atoms with van der Waals surface area (Å²) < 4.78 is 27.7. The summed E-state index contributed by atoms with van der Waals surface area (Å²) in [6, 6.07) is 16.3. The van der Waals surface area contributed by atoms with Gasteiger partial charge in [0.25, 0.3) is 0 Å². The lowest BCUT2D eigenvalue weighted by Gasteiger charge is -2.40. The van der Waals surface area contributed by atoms with E-state index in [-0.39, 0.29) is 41.8 Å². The SMILES string of the molecule is COc1cc2c(cc1OC)[C@@H](Nc1ccc(C#N)cc1)C1COC(=O)[C@@H]1C2c1cc(OC)c(O)c(OC)c1. The molecule has 2 aliphatic rings. The first-order valence-electron chi connectivity index (χ1n) is 12.1. The Hall–Kier alpha value is -4.58. The van der Waals surface area contributed by atoms with Gasteiger partial charge in [0.1, 0.15) is 0 Å². The molecule has 38 heavy (non-hydrogen) atoms. The fraction of sp³-hybridized carbons (Fsp3) is 0.310. The molecule has 2 unspecified atom stereocenters. The van der Waals surface area contributed by atoms with Crippen molar-refractivity contribution in [1.82, 2.24) is 0 Å². The van der Waals surface area contributed by atoms with Crippen LogP contribution in [-0.2, 0) is 9.53 Å². The summed E-state index contributed by atoms with van der Waals surface area (Å²) >= 11 is 0. The Bertz CT molecular complexity index is 1390. The van der Waals surface area contributed by atoms with Gasteiger partial charge < -0.3 is 34.1 Å². The number of fused-ring (bicyclic) bond motifs is 2. The second kappa shape index (κ2) is 10.1. The third-order valence-electron chi connectivity index (χ3n) is 7.40. The van der Waals surface area contributed by atoms with E-state index in [9.17, 15) is 15.2 Å². The van der Waals surface area contributed by atoms with E-state index in [0.29, 0.717) is 17.1 Å². The van der Waals surface area contributed by atoms with Crippen LogP contribution in [0, 0.1) is 23.2 Å². The molecule has 4 atom stereocenters. The van der Waals surface area contributed by atoms with E-state index in [4.69, 9.17) is 23.7 Å². The lowest BCUT2D eigenvalue weighted by atomic mass is 9.65. The second-order valence-corrected chi connectivity index (χ2v) is 9.22. The summed E-state index contributed by atoms with van der Waals surface area (Å²) in [6.07, 6.45) is 0. The van der Waals surface area contributed by atoms with Crippen molar-refractivity contribution in [3.63, 3.8) is 0 Å². The molecule has 3 aromatic rings. The average molecular weight is 517 g/mol. The molecular formula is C29H28N2O7. The summed E-state index contributed by atoms with van der Waals surface area (Å²) in [5, 5.41) is 23.3. The van der Waals surface area contributed by atoms with Gasteiger partial charge in [0.2, 0.25) is 5.75 Å². The van der Waals surface area contributed by atoms with E-state index >= 15 is 0 Å². The maximum atomic E-state index is 13.3. The summed E-state index contributed by atoms with van der Waals surface area (Å²) in [6.45, 7) is 0.230. The fourth-order valence-electron chi connectivity index (χ4n) is 5.60. The molecule has 0 bridgehead atoms. The number of ether oxygens (including phenoxy) is 5. The number of anilines is 1. The zero-order valence-corrected chi connectivity index (χ0v) is 21.5. The van der Waals surface area contributed by atoms with E-state index in [1.165, 1.54) is 14.2 Å². The summed E-state index contributed by atoms with van der Waals surface area (Å²) in [5.74, 6) is -0.0606. The fourth-order valence-corrected chi connectivity index (χ4v) is 5.60. The van der Waals surface area contributed by atoms with Crippen LogP contribution < -0.4 is 24.3 Å². The third kappa shape index (κ3) is 4.08. The zero-order valence-electron chi connectivity index (χ0n) is 21.5. The molecule has 2 N–H and O–H groups in total. The number of carbonyl (C=O) groups excluding carboxylic acids is 1. The normalized spacial score (nSPS) is 21.4. The number of nitriles is 1. The molecule has 0 saturated carbocycles. The van der Waals surface area contributed by atoms with E-state index in [0.717, 1.165) is 22.4 Å². The van der Waals surface area contributed by atoms with Gasteiger partial charge in [0.15, 0.2) is 23.0 Å². The van der Waals surface area contributed by atoms with Gasteiger partial charge in [-0.1, -0.05) is 0 Å². The van der Waals surface area contributed by atoms with Crippen molar-refractivity contribution in [3.8, 4) is 34.8 Å². The van der Waals surface area contributed by atoms with Gasteiger partial charge in [-0.05, 0) is 65.2 Å². The van der Waals surface area contributed by atoms with E-state index in [1.54, 1.807) is 38.5 Å². The number of hydrogen-bond donors (Lipinski definition) is 2. The molecule has 0 spiro atoms. The first-order chi connectivity index (χ1) is 18.4. The number of nitrogens with one attached hydrogen (secondary N) is 1. The van der Waals surface area contributed by atoms with Crippen LogP contribution in [0.5, 0.6) is 28.7 Å². The minimum Gasteiger partial charge on any atom is -0.502 e. The molecule has 1 saturated heterocycles. The Morgan fingerprint density at radius 3 is 2.03 bits per heavy atom. The molecule has 0 amide bonds. The standard InChI is InChI=1S/C29H28N2O7/c1-34-21-11-18-19(12-22(21)35-2)27(31-17-7-5-15(13-30)6-8-17)20-14-38-29(33)26(20)25(18)16-9-23(36-3)28(32)24(10-16)37-4/h5-12,20,25-27,31-32H,14H2,1-4H3/t20?,25?,26-,27+/m0/s1. The smallest absolute Gasteiger partial charge is 0.310 e. The molecule has 3 aromatic carbocycles. The summed E-state index contributed by atoms with van der Waals surface area (Å²) in [7, 11) is 6.07. The Balaban J connectivity index is 1.72. The zero-order chi connectivity index (χ0) is 27.0. The monoisotopic (exact) mass is 516 g/mol. The number of cyclic esters (lactones) is 1. The minimum absolute atomic E-state index is 0.118. The number of rotatable bonds is 7. The Labute approximate surface area is 220 Å². The lowest BCUT2D eigenvalue weighted by Crippen LogP contribution is -2.37. The largest absolute Gasteiger partial charge is 0.502 e. The van der Waals surface area contributed by atoms with Crippen molar-refractivity contribution >= 4 is 11.7 Å². The first-order valence-corrected chi connectivity index (χ1v) is 12.1. The molecule has 1 heterocycles. The predicted molar refractivity (Wildman–Crippen MR) is 138 cm³/mol. The predicted octanol–water partition coefficient (Wildman–Crippen LogP) is 4.39. The minimum atomic E-state index is -0.532. The van der Waals surface area contributed by atoms with Crippen molar-refractivity contribution < 1.29 is 33.6 Å². The Morgan fingerprint density at radius 1 is 0.895 bits per heavy atom. The highest BCUT2D eigenvalue weighted by Gasteiger charge is 2.52. The van der Waals surface area contributed by atoms with Crippen LogP contribution >= 0.6 is 0 Å². The number of benzene rings is 3. The maximum absolute atomic E-state index is 13.3. The highest BCUT2D eigenvalue weighted by Crippen LogP contribution is 2.55. The molecule has 5 rings (SSSR count). The Kier molecular flexibility index (Phi) is 6.64. The molecular weight excluding hydrogens is 488 g/mol. The van der Waals surface area contributed by atoms with Gasteiger partial charge in [-0.3, -0.25) is 4.79 Å². The van der Waals surface area contributed by atoms with Crippen LogP contribution in [0.25, 0.3) is 0 Å². The highest BCUT2D eigenvalue weighted by atomic mass is 16.5. The number of carbonyl (C=O) groups is 1. The number of methoxy groups -OCH3 is 4. The van der Waals surface area contributed by atoms with Crippen LogP contribution in [0.1, 0.15) is 34.2 Å². The van der Waals surface area contributed by atoms with Gasteiger partial charge in [0, 0.05) is 17.5 Å². The van der Waals surface area contributed by atoms with Crippen LogP contribution in [0.4, 0.5) is 5.69 Å². The summed E-state index contributed by atoms with van der Waals surface area (Å²) in [5.41, 5.74) is 3.86. The number of nitrogens with zero attached hydrogens (tertiary/aromatic N) is 1. The maximum Gasteiger partial charge on any atom is 0.310 e. The molecule has 9 heteroatoms. The van der Waals surface area contributed by atoms with E-state index < -0.39 is 11.8 Å². The first kappa shape index (κ1) is 25.1. The number of hydrogen-bond acceptors (Lipinski definition) is 9. The van der Waals surface area contributed by atoms with Gasteiger partial charge in [-0.25, -0.2) is 0 Å². The third-order valence-corrected chi connectivity index (χ3v) is 7.40. The van der Waals surface area contributed by atoms with Crippen molar-refractivity contribution in [1.29, 1.82) is 5.26 Å². The number of esters is 1. The van der Waals surface area contributed by atoms with Gasteiger partial charge in [0.05, 0.1) is 58.6 Å². The van der Waals surface area contributed by atoms with Crippen molar-refractivity contribution in [3.05, 3.63) is 70.8 Å². The van der Waals surface area contributed by atoms with Crippen molar-refractivity contribution in [2.75, 3.05) is 40.4 Å². The molecule has 1 aliphatic carbocycles. The lowest BCUT2D eigenvalue weighted by molar-refractivity contribution is -0.141. The topological polar surface area (TPSA) is 119 Å². The van der Waals surface area contributed by atoms with Crippen LogP contribution in [0.3, 0.4) is 0 Å². The molecule has 1 fully saturated rings. The van der Waals surface area contributed by atoms with Crippen LogP contribution in [0.15, 0.2) is 48.5 Å². The van der Waals surface area contributed by atoms with Crippen molar-refractivity contribution in [2.24, 2.45) is 11.8 Å². The molecule has 0 aromatic heterocycles. The Morgan fingerprint density at radius 2 is 1.47 bits per heavy atom. The molecule has 0 radical (unpaired) electrons. The number of aromatic hydroxyl groups is 1. The second-order valence-electron chi connectivity index (χ2n) is 9.22. The van der Waals surface area contributed by atoms with Crippen molar-refractivity contribution in [2.45, 2.75) is 12.0 Å². The average Bonchev–Trinajstić information content (AvgIpc) is 3.33. The number of phenols is 1. The van der Waals surface area contributed by atoms with E-state index in [1.807, 2.05) is 24.3 Å². The molecule has 196 valence electrons. The summed E-state index contributed by atoms with van der Waals surface area (Å²) in [4.78, 5) is 13.3. The van der Waals surface area contributed by atoms with Crippen LogP contribution in [0.2, 0.25) is 0 Å². The van der Waals surface area contributed by atoms with Gasteiger partial charge in [-0.15, -0.1) is 0 Å². The quantitative estimate of drug-likeness (QED) is 0.441. The van der Waals surface area contributed by atoms with E-state index in [2.05, 4.69) is 11.4 Å². The van der Waals surface area contributed by atoms with Gasteiger partial charge in [-0.2, -0.15) is 5.26 Å². The number of phenolic OH excluding ortho intramolecular Hbond substituents is 1. The van der Waals surface area contributed by atoms with Gasteiger partial charge >= 0.3 is 5.97 Å². The molecule has 1 aliphatic heterocycles. The highest BCUT2D eigenvalue weighted by molar-refractivity contribution is 5.79.